The third-order valence-corrected chi connectivity index (χ3v) is 0. The number of rotatable bonds is 0. The number of hydrogen-bond donors (Lipinski definition) is 0. The van der Waals surface area contributed by atoms with Gasteiger partial charge in [-0.05, 0) is 0 Å². The molecule has 0 atom stereocenters. The van der Waals surface area contributed by atoms with E-state index in [2.05, 4.69) is 0 Å². The van der Waals surface area contributed by atoms with E-state index >= 15 is 0 Å². The van der Waals surface area contributed by atoms with E-state index in [1.54, 1.807) is 0 Å². The van der Waals surface area contributed by atoms with E-state index in [0.29, 0.717) is 0 Å². The van der Waals surface area contributed by atoms with Gasteiger partial charge in [0.05, 0.1) is 0 Å². The Morgan fingerprint density at radius 3 is 1.12 bits per heavy atom. The Hall–Kier alpha value is 2.41. The fourth-order valence-corrected chi connectivity index (χ4v) is 0. The average molecular weight is 217 g/mol. The Morgan fingerprint density at radius 2 is 1.12 bits per heavy atom. The van der Waals surface area contributed by atoms with E-state index < -0.39 is 7.82 Å². The minimum absolute atomic E-state index is 0. The molecule has 4 nitrogen and oxygen atoms in total. The van der Waals surface area contributed by atoms with Crippen molar-refractivity contribution in [1.82, 2.24) is 0 Å². The van der Waals surface area contributed by atoms with Gasteiger partial charge in [0.25, 0.3) is 0 Å². The van der Waals surface area contributed by atoms with Crippen molar-refractivity contribution in [2.75, 3.05) is 0 Å². The molecule has 0 aromatic rings. The molecule has 0 unspecified atom stereocenters. The maximum atomic E-state index is 8.55. The number of phosphoric acid groups is 1. The Bertz CT molecular complexity index is 62.2. The second-order valence-electron chi connectivity index (χ2n) is 0.447. The molecule has 0 N–H and O–H groups in total. The zero-order chi connectivity index (χ0) is 4.50. The van der Waals surface area contributed by atoms with Crippen molar-refractivity contribution < 1.29 is 89.1 Å². The zero-order valence-electron chi connectivity index (χ0n) is 4.03. The van der Waals surface area contributed by atoms with Gasteiger partial charge in [-0.3, -0.25) is 0 Å². The minimum atomic E-state index is -5.39. The monoisotopic (exact) mass is 217 g/mol. The van der Waals surface area contributed by atoms with Crippen LogP contribution in [0.15, 0.2) is 0 Å². The van der Waals surface area contributed by atoms with Crippen molar-refractivity contribution in [3.05, 3.63) is 0 Å². The van der Waals surface area contributed by atoms with Crippen molar-refractivity contribution in [2.24, 2.45) is 0 Å². The largest absolute Gasteiger partial charge is 4.00 e. The van der Waals surface area contributed by atoms with Crippen LogP contribution in [-0.2, 0) is 44.8 Å². The quantitative estimate of drug-likeness (QED) is 0.298. The average Bonchev–Trinajstić information content (AvgIpc) is 0.722. The molecule has 8 heteroatoms. The van der Waals surface area contributed by atoms with Gasteiger partial charge in [0.2, 0.25) is 0 Å². The summed E-state index contributed by atoms with van der Waals surface area (Å²) in [4.78, 5) is 25.6. The van der Waals surface area contributed by atoms with Crippen LogP contribution >= 0.6 is 7.82 Å². The van der Waals surface area contributed by atoms with E-state index in [1.165, 1.54) is 0 Å². The van der Waals surface area contributed by atoms with Crippen molar-refractivity contribution in [3.63, 3.8) is 0 Å². The van der Waals surface area contributed by atoms with Crippen LogP contribution in [0.2, 0.25) is 0 Å². The van der Waals surface area contributed by atoms with Gasteiger partial charge in [0.15, 0.2) is 0 Å². The SMILES string of the molecule is O=P([O-])([O-])[O-].[Na+].[Ti+4].[V]. The maximum absolute atomic E-state index is 8.55. The summed E-state index contributed by atoms with van der Waals surface area (Å²) in [6, 6.07) is 0. The zero-order valence-corrected chi connectivity index (χ0v) is 9.88. The molecule has 0 saturated carbocycles. The molecule has 8 heavy (non-hydrogen) atoms. The summed E-state index contributed by atoms with van der Waals surface area (Å²) in [6.07, 6.45) is 0. The van der Waals surface area contributed by atoms with Crippen LogP contribution in [0.1, 0.15) is 0 Å². The standard InChI is InChI=1S/Na.H3O4P.Ti.V/c;1-5(2,3)4;;/h;(H3,1,2,3,4);;/q+1;;+4;/p-3. The van der Waals surface area contributed by atoms with Crippen LogP contribution in [0.5, 0.6) is 0 Å². The van der Waals surface area contributed by atoms with E-state index in [0.717, 1.165) is 0 Å². The second-order valence-corrected chi connectivity index (χ2v) is 1.34. The molecule has 0 aromatic heterocycles. The van der Waals surface area contributed by atoms with Gasteiger partial charge < -0.3 is 19.2 Å². The fourth-order valence-electron chi connectivity index (χ4n) is 0. The fraction of sp³-hybridized carbons (Fsp3) is 0. The summed E-state index contributed by atoms with van der Waals surface area (Å²) < 4.78 is 8.55. The van der Waals surface area contributed by atoms with Gasteiger partial charge in [0, 0.05) is 18.6 Å². The molecule has 0 heterocycles. The predicted octanol–water partition coefficient (Wildman–Crippen LogP) is -5.83. The molecule has 0 aliphatic heterocycles. The first-order valence-electron chi connectivity index (χ1n) is 0.730. The van der Waals surface area contributed by atoms with E-state index in [4.69, 9.17) is 19.2 Å². The molecule has 0 amide bonds. The van der Waals surface area contributed by atoms with Crippen molar-refractivity contribution >= 4 is 7.82 Å². The van der Waals surface area contributed by atoms with E-state index in [9.17, 15) is 0 Å². The molecule has 0 rings (SSSR count). The second kappa shape index (κ2) is 9.41. The molecular formula is NaO4PTiV+2. The molecule has 0 bridgehead atoms. The Balaban J connectivity index is -0.0000000267. The molecule has 0 spiro atoms. The van der Waals surface area contributed by atoms with Crippen LogP contribution < -0.4 is 44.2 Å². The third kappa shape index (κ3) is 79.6. The van der Waals surface area contributed by atoms with Gasteiger partial charge in [-0.25, -0.2) is 0 Å². The first kappa shape index (κ1) is 22.4. The molecule has 0 aromatic carbocycles. The van der Waals surface area contributed by atoms with Crippen molar-refractivity contribution in [3.8, 4) is 0 Å². The normalized spacial score (nSPS) is 7.38. The van der Waals surface area contributed by atoms with Gasteiger partial charge in [-0.1, -0.05) is 0 Å². The van der Waals surface area contributed by atoms with Gasteiger partial charge >= 0.3 is 51.3 Å². The topological polar surface area (TPSA) is 86.2 Å². The Morgan fingerprint density at radius 1 is 1.12 bits per heavy atom. The van der Waals surface area contributed by atoms with Gasteiger partial charge in [-0.15, -0.1) is 0 Å². The number of hydrogen-bond acceptors (Lipinski definition) is 4. The molecule has 1 radical (unpaired) electrons. The molecule has 0 aliphatic carbocycles. The molecule has 0 saturated heterocycles. The molecular weight excluding hydrogens is 217 g/mol. The molecule has 37 valence electrons. The Labute approximate surface area is 95.7 Å². The van der Waals surface area contributed by atoms with Crippen LogP contribution in [-0.4, -0.2) is 0 Å². The third-order valence-electron chi connectivity index (χ3n) is 0. The first-order chi connectivity index (χ1) is 2.00. The smallest absolute Gasteiger partial charge is 0.822 e. The Kier molecular flexibility index (Phi) is 26.4. The minimum Gasteiger partial charge on any atom is -0.822 e. The van der Waals surface area contributed by atoms with Crippen LogP contribution in [0.3, 0.4) is 0 Å². The van der Waals surface area contributed by atoms with Gasteiger partial charge in [-0.2, -0.15) is 7.82 Å². The molecule has 0 aliphatic rings. The maximum Gasteiger partial charge on any atom is 4.00 e. The first-order valence-corrected chi connectivity index (χ1v) is 2.19. The van der Waals surface area contributed by atoms with Crippen LogP contribution in [0.4, 0.5) is 0 Å². The predicted molar refractivity (Wildman–Crippen MR) is 7.61 cm³/mol. The van der Waals surface area contributed by atoms with Crippen molar-refractivity contribution in [1.29, 1.82) is 0 Å². The van der Waals surface area contributed by atoms with E-state index in [1.807, 2.05) is 0 Å². The van der Waals surface area contributed by atoms with Crippen LogP contribution in [0.25, 0.3) is 0 Å². The van der Waals surface area contributed by atoms with E-state index in [-0.39, 0.29) is 69.8 Å². The summed E-state index contributed by atoms with van der Waals surface area (Å²) in [5.41, 5.74) is 0. The summed E-state index contributed by atoms with van der Waals surface area (Å²) in [5.74, 6) is 0. The van der Waals surface area contributed by atoms with Gasteiger partial charge in [0.1, 0.15) is 0 Å². The summed E-state index contributed by atoms with van der Waals surface area (Å²) in [7, 11) is -5.39. The summed E-state index contributed by atoms with van der Waals surface area (Å²) in [5, 5.41) is 0. The summed E-state index contributed by atoms with van der Waals surface area (Å²) >= 11 is 0. The summed E-state index contributed by atoms with van der Waals surface area (Å²) in [6.45, 7) is 0. The molecule has 0 fully saturated rings. The van der Waals surface area contributed by atoms with Crippen molar-refractivity contribution in [2.45, 2.75) is 0 Å². The van der Waals surface area contributed by atoms with Crippen LogP contribution in [0, 0.1) is 0 Å².